The Hall–Kier alpha value is -1.02. The van der Waals surface area contributed by atoms with E-state index < -0.39 is 0 Å². The summed E-state index contributed by atoms with van der Waals surface area (Å²) in [4.78, 5) is 0. The molecule has 0 bridgehead atoms. The van der Waals surface area contributed by atoms with Gasteiger partial charge in [0.15, 0.2) is 0 Å². The first-order valence-electron chi connectivity index (χ1n) is 7.54. The van der Waals surface area contributed by atoms with Crippen molar-refractivity contribution in [1.29, 1.82) is 0 Å². The first kappa shape index (κ1) is 14.4. The molecule has 1 aliphatic heterocycles. The SMILES string of the molecule is CNCCCCCCc1ccc2c(c1)C(C)(C)CO2. The summed E-state index contributed by atoms with van der Waals surface area (Å²) in [6.45, 7) is 6.49. The summed E-state index contributed by atoms with van der Waals surface area (Å²) >= 11 is 0. The van der Waals surface area contributed by atoms with Gasteiger partial charge in [-0.1, -0.05) is 38.8 Å². The van der Waals surface area contributed by atoms with Crippen LogP contribution in [0.15, 0.2) is 18.2 Å². The molecule has 1 aromatic carbocycles. The molecule has 1 aliphatic rings. The smallest absolute Gasteiger partial charge is 0.123 e. The zero-order valence-corrected chi connectivity index (χ0v) is 12.6. The third-order valence-corrected chi connectivity index (χ3v) is 4.00. The van der Waals surface area contributed by atoms with Crippen LogP contribution in [0.5, 0.6) is 5.75 Å². The molecule has 0 atom stereocenters. The zero-order valence-electron chi connectivity index (χ0n) is 12.6. The Labute approximate surface area is 117 Å². The second-order valence-corrected chi connectivity index (χ2v) is 6.27. The van der Waals surface area contributed by atoms with Gasteiger partial charge in [-0.15, -0.1) is 0 Å². The van der Waals surface area contributed by atoms with Crippen LogP contribution in [0.3, 0.4) is 0 Å². The van der Waals surface area contributed by atoms with Crippen LogP contribution < -0.4 is 10.1 Å². The van der Waals surface area contributed by atoms with Crippen molar-refractivity contribution in [3.05, 3.63) is 29.3 Å². The summed E-state index contributed by atoms with van der Waals surface area (Å²) in [5, 5.41) is 3.20. The second kappa shape index (κ2) is 6.42. The van der Waals surface area contributed by atoms with Gasteiger partial charge >= 0.3 is 0 Å². The van der Waals surface area contributed by atoms with Crippen molar-refractivity contribution in [2.24, 2.45) is 0 Å². The standard InChI is InChI=1S/C17H27NO/c1-17(2)13-19-16-10-9-14(12-15(16)17)8-6-4-5-7-11-18-3/h9-10,12,18H,4-8,11,13H2,1-3H3. The van der Waals surface area contributed by atoms with Gasteiger partial charge < -0.3 is 10.1 Å². The normalized spacial score (nSPS) is 16.2. The van der Waals surface area contributed by atoms with Crippen molar-refractivity contribution >= 4 is 0 Å². The van der Waals surface area contributed by atoms with E-state index in [1.807, 2.05) is 7.05 Å². The van der Waals surface area contributed by atoms with Gasteiger partial charge in [0.25, 0.3) is 0 Å². The lowest BCUT2D eigenvalue weighted by molar-refractivity contribution is 0.291. The molecule has 2 heteroatoms. The molecule has 0 radical (unpaired) electrons. The number of hydrogen-bond acceptors (Lipinski definition) is 2. The van der Waals surface area contributed by atoms with E-state index in [1.165, 1.54) is 43.2 Å². The predicted molar refractivity (Wildman–Crippen MR) is 81.1 cm³/mol. The maximum absolute atomic E-state index is 5.73. The molecule has 0 aromatic heterocycles. The Morgan fingerprint density at radius 3 is 2.74 bits per heavy atom. The Morgan fingerprint density at radius 2 is 1.95 bits per heavy atom. The number of aryl methyl sites for hydroxylation is 1. The molecule has 0 saturated carbocycles. The maximum Gasteiger partial charge on any atom is 0.123 e. The molecule has 1 aromatic rings. The fourth-order valence-corrected chi connectivity index (χ4v) is 2.71. The molecule has 0 spiro atoms. The molecule has 2 rings (SSSR count). The van der Waals surface area contributed by atoms with Crippen LogP contribution in [0.2, 0.25) is 0 Å². The minimum Gasteiger partial charge on any atom is -0.492 e. The average molecular weight is 261 g/mol. The molecule has 1 heterocycles. The third kappa shape index (κ3) is 3.73. The lowest BCUT2D eigenvalue weighted by atomic mass is 9.85. The summed E-state index contributed by atoms with van der Waals surface area (Å²) in [5.41, 5.74) is 3.03. The zero-order chi connectivity index (χ0) is 13.7. The number of fused-ring (bicyclic) bond motifs is 1. The number of benzene rings is 1. The van der Waals surface area contributed by atoms with Gasteiger partial charge in [0.05, 0.1) is 6.61 Å². The summed E-state index contributed by atoms with van der Waals surface area (Å²) in [7, 11) is 2.02. The molecule has 0 fully saturated rings. The lowest BCUT2D eigenvalue weighted by Crippen LogP contribution is -2.18. The van der Waals surface area contributed by atoms with E-state index in [0.29, 0.717) is 0 Å². The van der Waals surface area contributed by atoms with Crippen molar-refractivity contribution in [1.82, 2.24) is 5.32 Å². The highest BCUT2D eigenvalue weighted by Gasteiger charge is 2.31. The molecule has 0 aliphatic carbocycles. The molecule has 0 unspecified atom stereocenters. The van der Waals surface area contributed by atoms with Crippen molar-refractivity contribution in [2.45, 2.75) is 51.4 Å². The van der Waals surface area contributed by atoms with E-state index in [4.69, 9.17) is 4.74 Å². The topological polar surface area (TPSA) is 21.3 Å². The minimum atomic E-state index is 0.179. The number of hydrogen-bond donors (Lipinski definition) is 1. The predicted octanol–water partition coefficient (Wildman–Crippen LogP) is 3.68. The van der Waals surface area contributed by atoms with Crippen molar-refractivity contribution in [3.63, 3.8) is 0 Å². The number of ether oxygens (including phenoxy) is 1. The van der Waals surface area contributed by atoms with Gasteiger partial charge in [0.1, 0.15) is 5.75 Å². The van der Waals surface area contributed by atoms with Crippen LogP contribution in [0.4, 0.5) is 0 Å². The van der Waals surface area contributed by atoms with E-state index in [0.717, 1.165) is 18.9 Å². The van der Waals surface area contributed by atoms with Crippen molar-refractivity contribution in [2.75, 3.05) is 20.2 Å². The highest BCUT2D eigenvalue weighted by Crippen LogP contribution is 2.38. The highest BCUT2D eigenvalue weighted by molar-refractivity contribution is 5.45. The lowest BCUT2D eigenvalue weighted by Gasteiger charge is -2.15. The van der Waals surface area contributed by atoms with Crippen LogP contribution in [-0.4, -0.2) is 20.2 Å². The van der Waals surface area contributed by atoms with E-state index in [2.05, 4.69) is 37.4 Å². The van der Waals surface area contributed by atoms with Gasteiger partial charge in [-0.05, 0) is 44.5 Å². The fraction of sp³-hybridized carbons (Fsp3) is 0.647. The van der Waals surface area contributed by atoms with Crippen LogP contribution in [0.1, 0.15) is 50.7 Å². The average Bonchev–Trinajstić information content (AvgIpc) is 2.70. The van der Waals surface area contributed by atoms with Gasteiger partial charge in [0.2, 0.25) is 0 Å². The summed E-state index contributed by atoms with van der Waals surface area (Å²) in [6.07, 6.45) is 6.45. The van der Waals surface area contributed by atoms with Crippen LogP contribution in [0, 0.1) is 0 Å². The monoisotopic (exact) mass is 261 g/mol. The molecule has 0 amide bonds. The Morgan fingerprint density at radius 1 is 1.16 bits per heavy atom. The third-order valence-electron chi connectivity index (χ3n) is 4.00. The summed E-state index contributed by atoms with van der Waals surface area (Å²) in [6, 6.07) is 6.74. The molecule has 1 N–H and O–H groups in total. The first-order chi connectivity index (χ1) is 9.13. The van der Waals surface area contributed by atoms with Gasteiger partial charge in [-0.2, -0.15) is 0 Å². The highest BCUT2D eigenvalue weighted by atomic mass is 16.5. The molecule has 2 nitrogen and oxygen atoms in total. The van der Waals surface area contributed by atoms with Crippen molar-refractivity contribution < 1.29 is 4.74 Å². The molecule has 0 saturated heterocycles. The second-order valence-electron chi connectivity index (χ2n) is 6.27. The van der Waals surface area contributed by atoms with E-state index in [1.54, 1.807) is 0 Å². The van der Waals surface area contributed by atoms with Crippen molar-refractivity contribution in [3.8, 4) is 5.75 Å². The first-order valence-corrected chi connectivity index (χ1v) is 7.54. The Kier molecular flexibility index (Phi) is 4.87. The van der Waals surface area contributed by atoms with E-state index >= 15 is 0 Å². The quantitative estimate of drug-likeness (QED) is 0.756. The molecule has 19 heavy (non-hydrogen) atoms. The van der Waals surface area contributed by atoms with Gasteiger partial charge in [0, 0.05) is 11.0 Å². The van der Waals surface area contributed by atoms with E-state index in [9.17, 15) is 0 Å². The Balaban J connectivity index is 1.82. The number of nitrogens with one attached hydrogen (secondary N) is 1. The van der Waals surface area contributed by atoms with Crippen LogP contribution >= 0.6 is 0 Å². The fourth-order valence-electron chi connectivity index (χ4n) is 2.71. The summed E-state index contributed by atoms with van der Waals surface area (Å²) in [5.74, 6) is 1.09. The molecule has 106 valence electrons. The minimum absolute atomic E-state index is 0.179. The molecular formula is C17H27NO. The van der Waals surface area contributed by atoms with Gasteiger partial charge in [-0.25, -0.2) is 0 Å². The Bertz CT molecular complexity index is 412. The largest absolute Gasteiger partial charge is 0.492 e. The van der Waals surface area contributed by atoms with E-state index in [-0.39, 0.29) is 5.41 Å². The number of unbranched alkanes of at least 4 members (excludes halogenated alkanes) is 3. The molecular weight excluding hydrogens is 234 g/mol. The summed E-state index contributed by atoms with van der Waals surface area (Å²) < 4.78 is 5.73. The van der Waals surface area contributed by atoms with Crippen LogP contribution in [0.25, 0.3) is 0 Å². The maximum atomic E-state index is 5.73. The number of rotatable bonds is 7. The van der Waals surface area contributed by atoms with Crippen LogP contribution in [-0.2, 0) is 11.8 Å². The van der Waals surface area contributed by atoms with Gasteiger partial charge in [-0.3, -0.25) is 0 Å².